The molecule has 0 aromatic carbocycles. The van der Waals surface area contributed by atoms with Crippen molar-refractivity contribution in [2.75, 3.05) is 0 Å². The molecule has 0 atom stereocenters. The minimum absolute atomic E-state index is 0. The van der Waals surface area contributed by atoms with E-state index in [2.05, 4.69) is 0 Å². The second kappa shape index (κ2) is 3.27. The standard InChI is InChI=1S/C10H16O.Na.H/c11-10-8-2-6-1-7(4-8)5-9(10)3-6;;/h6-11H,1-5H2;;. The Bertz CT molecular complexity index is 153. The van der Waals surface area contributed by atoms with Gasteiger partial charge in [0.05, 0.1) is 6.10 Å². The van der Waals surface area contributed by atoms with Crippen molar-refractivity contribution < 1.29 is 5.11 Å². The van der Waals surface area contributed by atoms with Gasteiger partial charge in [-0.3, -0.25) is 0 Å². The van der Waals surface area contributed by atoms with Crippen molar-refractivity contribution in [2.24, 2.45) is 23.7 Å². The van der Waals surface area contributed by atoms with E-state index < -0.39 is 0 Å². The fraction of sp³-hybridized carbons (Fsp3) is 1.00. The van der Waals surface area contributed by atoms with Gasteiger partial charge in [-0.1, -0.05) is 0 Å². The van der Waals surface area contributed by atoms with Gasteiger partial charge in [0.25, 0.3) is 0 Å². The monoisotopic (exact) mass is 176 g/mol. The van der Waals surface area contributed by atoms with Crippen LogP contribution < -0.4 is 0 Å². The zero-order valence-corrected chi connectivity index (χ0v) is 6.87. The third kappa shape index (κ3) is 1.30. The van der Waals surface area contributed by atoms with Gasteiger partial charge in [-0.05, 0) is 55.8 Å². The summed E-state index contributed by atoms with van der Waals surface area (Å²) in [6, 6.07) is 0. The molecule has 0 unspecified atom stereocenters. The Morgan fingerprint density at radius 1 is 0.750 bits per heavy atom. The number of hydrogen-bond donors (Lipinski definition) is 1. The third-order valence-electron chi connectivity index (χ3n) is 4.18. The van der Waals surface area contributed by atoms with Crippen LogP contribution in [-0.4, -0.2) is 40.8 Å². The van der Waals surface area contributed by atoms with E-state index in [-0.39, 0.29) is 35.7 Å². The third-order valence-corrected chi connectivity index (χ3v) is 4.18. The Morgan fingerprint density at radius 2 is 1.17 bits per heavy atom. The molecule has 1 N–H and O–H groups in total. The summed E-state index contributed by atoms with van der Waals surface area (Å²) in [4.78, 5) is 0. The van der Waals surface area contributed by atoms with Gasteiger partial charge in [-0.2, -0.15) is 0 Å². The zero-order chi connectivity index (χ0) is 7.42. The van der Waals surface area contributed by atoms with E-state index in [9.17, 15) is 5.11 Å². The molecule has 1 nitrogen and oxygen atoms in total. The fourth-order valence-corrected chi connectivity index (χ4v) is 3.90. The number of aliphatic hydroxyl groups is 1. The van der Waals surface area contributed by atoms with E-state index >= 15 is 0 Å². The van der Waals surface area contributed by atoms with Gasteiger partial charge in [0.1, 0.15) is 0 Å². The molecule has 4 rings (SSSR count). The molecule has 0 heterocycles. The fourth-order valence-electron chi connectivity index (χ4n) is 3.90. The normalized spacial score (nSPS) is 55.2. The molecule has 4 saturated carbocycles. The molecular weight excluding hydrogens is 159 g/mol. The second-order valence-corrected chi connectivity index (χ2v) is 4.92. The predicted octanol–water partition coefficient (Wildman–Crippen LogP) is 1.15. The minimum atomic E-state index is 0. The molecule has 0 aromatic heterocycles. The molecule has 0 aromatic rings. The van der Waals surface area contributed by atoms with Crippen LogP contribution in [0.25, 0.3) is 0 Å². The van der Waals surface area contributed by atoms with Gasteiger partial charge >= 0.3 is 29.6 Å². The van der Waals surface area contributed by atoms with Gasteiger partial charge in [-0.25, -0.2) is 0 Å². The Balaban J connectivity index is 0.000000563. The average Bonchev–Trinajstić information content (AvgIpc) is 1.98. The summed E-state index contributed by atoms with van der Waals surface area (Å²) in [5.41, 5.74) is 0. The van der Waals surface area contributed by atoms with Crippen LogP contribution in [-0.2, 0) is 0 Å². The quantitative estimate of drug-likeness (QED) is 0.549. The van der Waals surface area contributed by atoms with Gasteiger partial charge < -0.3 is 5.11 Å². The van der Waals surface area contributed by atoms with Crippen molar-refractivity contribution in [2.45, 2.75) is 38.2 Å². The van der Waals surface area contributed by atoms with Crippen LogP contribution in [0.4, 0.5) is 0 Å². The van der Waals surface area contributed by atoms with Crippen LogP contribution in [0.2, 0.25) is 0 Å². The van der Waals surface area contributed by atoms with Crippen molar-refractivity contribution >= 4 is 29.6 Å². The molecule has 0 saturated heterocycles. The predicted molar refractivity (Wildman–Crippen MR) is 50.2 cm³/mol. The van der Waals surface area contributed by atoms with Crippen LogP contribution in [0.15, 0.2) is 0 Å². The van der Waals surface area contributed by atoms with Crippen molar-refractivity contribution in [3.05, 3.63) is 0 Å². The summed E-state index contributed by atoms with van der Waals surface area (Å²) in [5, 5.41) is 9.83. The van der Waals surface area contributed by atoms with Crippen molar-refractivity contribution in [3.8, 4) is 0 Å². The Morgan fingerprint density at radius 3 is 1.58 bits per heavy atom. The summed E-state index contributed by atoms with van der Waals surface area (Å²) in [5.74, 6) is 3.40. The van der Waals surface area contributed by atoms with E-state index in [1.54, 1.807) is 0 Å². The summed E-state index contributed by atoms with van der Waals surface area (Å²) in [7, 11) is 0. The first kappa shape index (κ1) is 9.51. The van der Waals surface area contributed by atoms with Crippen molar-refractivity contribution in [1.82, 2.24) is 0 Å². The van der Waals surface area contributed by atoms with E-state index in [1.807, 2.05) is 0 Å². The topological polar surface area (TPSA) is 20.2 Å². The average molecular weight is 176 g/mol. The first-order chi connectivity index (χ1) is 5.33. The second-order valence-electron chi connectivity index (χ2n) is 4.92. The maximum atomic E-state index is 9.83. The van der Waals surface area contributed by atoms with Gasteiger partial charge in [0.2, 0.25) is 0 Å². The molecule has 0 aliphatic heterocycles. The van der Waals surface area contributed by atoms with Crippen LogP contribution in [0.1, 0.15) is 32.1 Å². The molecule has 4 fully saturated rings. The van der Waals surface area contributed by atoms with E-state index in [4.69, 9.17) is 0 Å². The molecule has 12 heavy (non-hydrogen) atoms. The molecule has 0 amide bonds. The molecule has 0 radical (unpaired) electrons. The van der Waals surface area contributed by atoms with Gasteiger partial charge in [0.15, 0.2) is 0 Å². The van der Waals surface area contributed by atoms with Crippen LogP contribution in [0.5, 0.6) is 0 Å². The van der Waals surface area contributed by atoms with Crippen molar-refractivity contribution in [3.63, 3.8) is 0 Å². The SMILES string of the molecule is OC1C2CC3CC(C2)CC1C3.[NaH]. The summed E-state index contributed by atoms with van der Waals surface area (Å²) in [6.07, 6.45) is 6.94. The number of rotatable bonds is 0. The summed E-state index contributed by atoms with van der Waals surface area (Å²) < 4.78 is 0. The van der Waals surface area contributed by atoms with E-state index in [1.165, 1.54) is 32.1 Å². The zero-order valence-electron chi connectivity index (χ0n) is 6.87. The van der Waals surface area contributed by atoms with Crippen LogP contribution >= 0.6 is 0 Å². The summed E-state index contributed by atoms with van der Waals surface area (Å²) in [6.45, 7) is 0. The first-order valence-corrected chi connectivity index (χ1v) is 5.01. The van der Waals surface area contributed by atoms with Gasteiger partial charge in [0, 0.05) is 0 Å². The maximum absolute atomic E-state index is 9.83. The van der Waals surface area contributed by atoms with Crippen LogP contribution in [0, 0.1) is 23.7 Å². The van der Waals surface area contributed by atoms with Gasteiger partial charge in [-0.15, -0.1) is 0 Å². The molecular formula is C10H17NaO. The van der Waals surface area contributed by atoms with E-state index in [0.717, 1.165) is 11.8 Å². The molecule has 64 valence electrons. The molecule has 0 spiro atoms. The molecule has 4 aliphatic rings. The molecule has 4 aliphatic carbocycles. The molecule has 2 heteroatoms. The number of hydrogen-bond acceptors (Lipinski definition) is 1. The van der Waals surface area contributed by atoms with Crippen LogP contribution in [0.3, 0.4) is 0 Å². The Labute approximate surface area is 96.2 Å². The number of aliphatic hydroxyl groups excluding tert-OH is 1. The Hall–Kier alpha value is 0.960. The van der Waals surface area contributed by atoms with E-state index in [0.29, 0.717) is 11.8 Å². The summed E-state index contributed by atoms with van der Waals surface area (Å²) >= 11 is 0. The Kier molecular flexibility index (Phi) is 2.59. The van der Waals surface area contributed by atoms with Crippen molar-refractivity contribution in [1.29, 1.82) is 0 Å². The molecule has 4 bridgehead atoms. The first-order valence-electron chi connectivity index (χ1n) is 5.01.